The van der Waals surface area contributed by atoms with Gasteiger partial charge < -0.3 is 10.6 Å². The smallest absolute Gasteiger partial charge is 0.266 e. The van der Waals surface area contributed by atoms with Crippen LogP contribution in [0.3, 0.4) is 0 Å². The maximum absolute atomic E-state index is 12.6. The first-order valence-corrected chi connectivity index (χ1v) is 8.07. The van der Waals surface area contributed by atoms with Gasteiger partial charge in [-0.3, -0.25) is 4.79 Å². The van der Waals surface area contributed by atoms with Crippen molar-refractivity contribution in [1.29, 1.82) is 0 Å². The maximum Gasteiger partial charge on any atom is 0.266 e. The van der Waals surface area contributed by atoms with Crippen LogP contribution in [0.4, 0.5) is 5.69 Å². The summed E-state index contributed by atoms with van der Waals surface area (Å²) in [4.78, 5) is 15.0. The fourth-order valence-corrected chi connectivity index (χ4v) is 3.96. The summed E-state index contributed by atoms with van der Waals surface area (Å²) in [5, 5.41) is 0.927. The monoisotopic (exact) mass is 352 g/mol. The molecule has 0 saturated carbocycles. The number of amides is 1. The molecular weight excluding hydrogens is 336 g/mol. The number of rotatable bonds is 5. The highest BCUT2D eigenvalue weighted by Crippen LogP contribution is 2.38. The van der Waals surface area contributed by atoms with E-state index in [0.717, 1.165) is 21.0 Å². The van der Waals surface area contributed by atoms with E-state index in [9.17, 15) is 4.79 Å². The first kappa shape index (κ1) is 15.1. The van der Waals surface area contributed by atoms with E-state index in [1.165, 1.54) is 11.3 Å². The van der Waals surface area contributed by atoms with Crippen molar-refractivity contribution < 1.29 is 4.79 Å². The minimum absolute atomic E-state index is 0.0163. The van der Waals surface area contributed by atoms with E-state index in [4.69, 9.17) is 5.73 Å². The van der Waals surface area contributed by atoms with Crippen molar-refractivity contribution in [3.8, 4) is 0 Å². The molecule has 0 bridgehead atoms. The number of hydrogen-bond donors (Lipinski definition) is 1. The van der Waals surface area contributed by atoms with E-state index in [2.05, 4.69) is 22.5 Å². The summed E-state index contributed by atoms with van der Waals surface area (Å²) in [6, 6.07) is 5.87. The zero-order valence-electron chi connectivity index (χ0n) is 11.4. The first-order valence-electron chi connectivity index (χ1n) is 6.46. The summed E-state index contributed by atoms with van der Waals surface area (Å²) in [7, 11) is 0. The topological polar surface area (TPSA) is 46.3 Å². The number of carbonyl (C=O) groups is 1. The summed E-state index contributed by atoms with van der Waals surface area (Å²) < 4.78 is 1.95. The second kappa shape index (κ2) is 6.41. The molecule has 0 saturated heterocycles. The average molecular weight is 353 g/mol. The fourth-order valence-electron chi connectivity index (χ4n) is 2.13. The third-order valence-electron chi connectivity index (χ3n) is 3.03. The fraction of sp³-hybridized carbons (Fsp3) is 0.267. The molecule has 0 fully saturated rings. The van der Waals surface area contributed by atoms with Crippen LogP contribution in [0.1, 0.15) is 23.0 Å². The first-order chi connectivity index (χ1) is 9.60. The third kappa shape index (κ3) is 2.74. The second-order valence-corrected chi connectivity index (χ2v) is 6.40. The predicted octanol–water partition coefficient (Wildman–Crippen LogP) is 4.28. The van der Waals surface area contributed by atoms with Crippen LogP contribution in [-0.2, 0) is 0 Å². The van der Waals surface area contributed by atoms with Crippen LogP contribution in [0, 0.1) is 0 Å². The minimum atomic E-state index is -0.0163. The molecule has 1 amide bonds. The molecule has 3 nitrogen and oxygen atoms in total. The number of thiophene rings is 1. The van der Waals surface area contributed by atoms with Gasteiger partial charge in [-0.05, 0) is 18.6 Å². The minimum Gasteiger partial charge on any atom is -0.397 e. The number of nitrogens with zero attached hydrogens (tertiary/aromatic N) is 1. The molecule has 1 aromatic heterocycles. The number of benzene rings is 1. The van der Waals surface area contributed by atoms with Gasteiger partial charge in [-0.1, -0.05) is 35.0 Å². The molecular formula is C15H17BrN2OS. The Hall–Kier alpha value is -1.33. The number of carbonyl (C=O) groups excluding carboxylic acids is 1. The van der Waals surface area contributed by atoms with Gasteiger partial charge in [-0.25, -0.2) is 0 Å². The Morgan fingerprint density at radius 2 is 2.30 bits per heavy atom. The number of anilines is 1. The van der Waals surface area contributed by atoms with Crippen molar-refractivity contribution in [1.82, 2.24) is 4.90 Å². The SMILES string of the molecule is C=CCN(CCC)C(=O)c1sc2cccc(Br)c2c1N. The molecule has 5 heteroatoms. The molecule has 1 heterocycles. The van der Waals surface area contributed by atoms with Gasteiger partial charge in [0, 0.05) is 27.6 Å². The lowest BCUT2D eigenvalue weighted by Gasteiger charge is -2.19. The largest absolute Gasteiger partial charge is 0.397 e. The van der Waals surface area contributed by atoms with Gasteiger partial charge in [0.2, 0.25) is 0 Å². The number of nitrogen functional groups attached to an aromatic ring is 1. The Labute approximate surface area is 131 Å². The van der Waals surface area contributed by atoms with Gasteiger partial charge in [-0.15, -0.1) is 17.9 Å². The van der Waals surface area contributed by atoms with E-state index in [0.29, 0.717) is 23.7 Å². The zero-order valence-corrected chi connectivity index (χ0v) is 13.8. The van der Waals surface area contributed by atoms with Gasteiger partial charge in [0.1, 0.15) is 4.88 Å². The standard InChI is InChI=1S/C15H17BrN2OS/c1-3-8-18(9-4-2)15(19)14-13(17)12-10(16)6-5-7-11(12)20-14/h3,5-7H,1,4,8-9,17H2,2H3. The lowest BCUT2D eigenvalue weighted by molar-refractivity contribution is 0.0780. The maximum atomic E-state index is 12.6. The summed E-state index contributed by atoms with van der Waals surface area (Å²) >= 11 is 4.94. The Kier molecular flexibility index (Phi) is 4.83. The molecule has 0 spiro atoms. The Morgan fingerprint density at radius 3 is 2.90 bits per heavy atom. The summed E-state index contributed by atoms with van der Waals surface area (Å²) in [5.41, 5.74) is 6.74. The van der Waals surface area contributed by atoms with Crippen molar-refractivity contribution in [2.75, 3.05) is 18.8 Å². The highest BCUT2D eigenvalue weighted by molar-refractivity contribution is 9.10. The van der Waals surface area contributed by atoms with Gasteiger partial charge in [0.25, 0.3) is 5.91 Å². The Balaban J connectivity index is 2.46. The molecule has 2 rings (SSSR count). The molecule has 2 aromatic rings. The van der Waals surface area contributed by atoms with E-state index < -0.39 is 0 Å². The van der Waals surface area contributed by atoms with Crippen LogP contribution in [0.25, 0.3) is 10.1 Å². The van der Waals surface area contributed by atoms with E-state index in [-0.39, 0.29) is 5.91 Å². The molecule has 2 N–H and O–H groups in total. The van der Waals surface area contributed by atoms with E-state index >= 15 is 0 Å². The molecule has 0 aliphatic carbocycles. The van der Waals surface area contributed by atoms with Crippen LogP contribution < -0.4 is 5.73 Å². The molecule has 0 radical (unpaired) electrons. The van der Waals surface area contributed by atoms with Crippen molar-refractivity contribution >= 4 is 48.9 Å². The number of halogens is 1. The van der Waals surface area contributed by atoms with Crippen molar-refractivity contribution in [2.24, 2.45) is 0 Å². The van der Waals surface area contributed by atoms with Crippen molar-refractivity contribution in [3.05, 3.63) is 40.2 Å². The number of hydrogen-bond acceptors (Lipinski definition) is 3. The van der Waals surface area contributed by atoms with Gasteiger partial charge in [-0.2, -0.15) is 0 Å². The van der Waals surface area contributed by atoms with Crippen molar-refractivity contribution in [2.45, 2.75) is 13.3 Å². The van der Waals surface area contributed by atoms with Gasteiger partial charge in [0.05, 0.1) is 5.69 Å². The van der Waals surface area contributed by atoms with Crippen LogP contribution in [-0.4, -0.2) is 23.9 Å². The van der Waals surface area contributed by atoms with Crippen LogP contribution in [0.2, 0.25) is 0 Å². The van der Waals surface area contributed by atoms with E-state index in [1.54, 1.807) is 11.0 Å². The van der Waals surface area contributed by atoms with Crippen LogP contribution in [0.5, 0.6) is 0 Å². The highest BCUT2D eigenvalue weighted by Gasteiger charge is 2.21. The van der Waals surface area contributed by atoms with E-state index in [1.807, 2.05) is 25.1 Å². The summed E-state index contributed by atoms with van der Waals surface area (Å²) in [6.07, 6.45) is 2.65. The number of fused-ring (bicyclic) bond motifs is 1. The van der Waals surface area contributed by atoms with Gasteiger partial charge >= 0.3 is 0 Å². The number of nitrogens with two attached hydrogens (primary N) is 1. The lowest BCUT2D eigenvalue weighted by atomic mass is 10.2. The molecule has 20 heavy (non-hydrogen) atoms. The summed E-state index contributed by atoms with van der Waals surface area (Å²) in [6.45, 7) is 7.01. The highest BCUT2D eigenvalue weighted by atomic mass is 79.9. The molecule has 106 valence electrons. The third-order valence-corrected chi connectivity index (χ3v) is 4.85. The second-order valence-electron chi connectivity index (χ2n) is 4.50. The van der Waals surface area contributed by atoms with Crippen LogP contribution >= 0.6 is 27.3 Å². The Morgan fingerprint density at radius 1 is 1.55 bits per heavy atom. The lowest BCUT2D eigenvalue weighted by Crippen LogP contribution is -2.31. The normalized spacial score (nSPS) is 10.7. The summed E-state index contributed by atoms with van der Waals surface area (Å²) in [5.74, 6) is -0.0163. The quantitative estimate of drug-likeness (QED) is 0.816. The predicted molar refractivity (Wildman–Crippen MR) is 90.3 cm³/mol. The zero-order chi connectivity index (χ0) is 14.7. The molecule has 0 atom stereocenters. The molecule has 0 unspecified atom stereocenters. The van der Waals surface area contributed by atoms with Gasteiger partial charge in [0.15, 0.2) is 0 Å². The molecule has 1 aromatic carbocycles. The average Bonchev–Trinajstić information content (AvgIpc) is 2.76. The molecule has 0 aliphatic rings. The van der Waals surface area contributed by atoms with Crippen LogP contribution in [0.15, 0.2) is 35.3 Å². The Bertz CT molecular complexity index is 651. The van der Waals surface area contributed by atoms with Crippen molar-refractivity contribution in [3.63, 3.8) is 0 Å². The molecule has 0 aliphatic heterocycles.